The summed E-state index contributed by atoms with van der Waals surface area (Å²) >= 11 is 2.95. The van der Waals surface area contributed by atoms with Crippen molar-refractivity contribution >= 4 is 22.0 Å². The Hall–Kier alpha value is -0.770. The van der Waals surface area contributed by atoms with E-state index in [1.807, 2.05) is 0 Å². The lowest BCUT2D eigenvalue weighted by molar-refractivity contribution is 0.558. The lowest BCUT2D eigenvalue weighted by atomic mass is 10.2. The molecule has 1 heterocycles. The summed E-state index contributed by atoms with van der Waals surface area (Å²) in [4.78, 5) is 4.58. The average Bonchev–Trinajstić information content (AvgIpc) is 1.98. The highest BCUT2D eigenvalue weighted by Gasteiger charge is 1.99. The van der Waals surface area contributed by atoms with Crippen LogP contribution in [0.1, 0.15) is 5.56 Å². The maximum absolute atomic E-state index is 12.7. The Labute approximate surface area is 70.9 Å². The third-order valence-corrected chi connectivity index (χ3v) is 1.36. The van der Waals surface area contributed by atoms with E-state index >= 15 is 0 Å². The van der Waals surface area contributed by atoms with Crippen LogP contribution < -0.4 is 0 Å². The highest BCUT2D eigenvalue weighted by Crippen LogP contribution is 2.09. The van der Waals surface area contributed by atoms with Gasteiger partial charge in [-0.2, -0.15) is 4.39 Å². The van der Waals surface area contributed by atoms with Crippen LogP contribution in [0.5, 0.6) is 0 Å². The minimum Gasteiger partial charge on any atom is -0.225 e. The first kappa shape index (κ1) is 8.33. The highest BCUT2D eigenvalue weighted by atomic mass is 79.9. The Morgan fingerprint density at radius 2 is 2.18 bits per heavy atom. The molecular weight excluding hydrogens is 216 g/mol. The van der Waals surface area contributed by atoms with Gasteiger partial charge in [0.05, 0.1) is 6.20 Å². The molecule has 1 rings (SSSR count). The summed E-state index contributed by atoms with van der Waals surface area (Å²) in [5.41, 5.74) is 0.175. The van der Waals surface area contributed by atoms with Crippen LogP contribution in [0.15, 0.2) is 17.2 Å². The molecule has 1 aromatic heterocycles. The molecule has 0 aliphatic heterocycles. The van der Waals surface area contributed by atoms with Gasteiger partial charge in [-0.25, -0.2) is 9.37 Å². The molecule has 0 radical (unpaired) electrons. The predicted molar refractivity (Wildman–Crippen MR) is 42.1 cm³/mol. The van der Waals surface area contributed by atoms with E-state index in [4.69, 9.17) is 0 Å². The third-order valence-electron chi connectivity index (χ3n) is 1.09. The summed E-state index contributed by atoms with van der Waals surface area (Å²) in [6, 6.07) is 1.02. The van der Waals surface area contributed by atoms with Gasteiger partial charge in [0.25, 0.3) is 0 Å². The van der Waals surface area contributed by atoms with Crippen molar-refractivity contribution in [1.82, 2.24) is 4.98 Å². The Kier molecular flexibility index (Phi) is 2.70. The molecule has 0 aliphatic rings. The van der Waals surface area contributed by atoms with Crippen molar-refractivity contribution in [2.75, 3.05) is 0 Å². The second-order valence-corrected chi connectivity index (χ2v) is 2.35. The van der Waals surface area contributed by atoms with Gasteiger partial charge in [-0.15, -0.1) is 0 Å². The average molecular weight is 220 g/mol. The normalized spacial score (nSPS) is 10.8. The van der Waals surface area contributed by atoms with Gasteiger partial charge < -0.3 is 0 Å². The molecule has 0 saturated heterocycles. The summed E-state index contributed by atoms with van der Waals surface area (Å²) in [6.45, 7) is 0. The molecule has 0 amide bonds. The van der Waals surface area contributed by atoms with Crippen molar-refractivity contribution in [3.05, 3.63) is 34.6 Å². The molecule has 0 unspecified atom stereocenters. The maximum atomic E-state index is 12.7. The van der Waals surface area contributed by atoms with Crippen molar-refractivity contribution in [3.8, 4) is 0 Å². The summed E-state index contributed by atoms with van der Waals surface area (Å²) in [6.07, 6.45) is 2.25. The van der Waals surface area contributed by atoms with Crippen LogP contribution in [0.2, 0.25) is 0 Å². The fourth-order valence-electron chi connectivity index (χ4n) is 0.623. The first-order valence-electron chi connectivity index (χ1n) is 2.82. The van der Waals surface area contributed by atoms with Crippen LogP contribution in [0.3, 0.4) is 0 Å². The quantitative estimate of drug-likeness (QED) is 0.663. The number of rotatable bonds is 1. The second kappa shape index (κ2) is 3.57. The number of pyridine rings is 1. The molecule has 0 aliphatic carbocycles. The molecule has 0 aromatic carbocycles. The SMILES string of the molecule is Fc1cc(/C=C/Br)c(F)cn1. The standard InChI is InChI=1S/C7H4BrF2N/c8-2-1-5-3-7(10)11-4-6(5)9/h1-4H/b2-1+. The smallest absolute Gasteiger partial charge is 0.213 e. The molecule has 1 aromatic rings. The monoisotopic (exact) mass is 219 g/mol. The summed E-state index contributed by atoms with van der Waals surface area (Å²) in [5.74, 6) is -1.23. The molecular formula is C7H4BrF2N. The minimum atomic E-state index is -0.688. The van der Waals surface area contributed by atoms with Crippen molar-refractivity contribution in [3.63, 3.8) is 0 Å². The first-order valence-corrected chi connectivity index (χ1v) is 3.73. The number of hydrogen-bond acceptors (Lipinski definition) is 1. The maximum Gasteiger partial charge on any atom is 0.213 e. The zero-order chi connectivity index (χ0) is 8.27. The number of nitrogens with zero attached hydrogens (tertiary/aromatic N) is 1. The fraction of sp³-hybridized carbons (Fsp3) is 0. The molecule has 0 fully saturated rings. The zero-order valence-electron chi connectivity index (χ0n) is 5.39. The van der Waals surface area contributed by atoms with Gasteiger partial charge in [0.15, 0.2) is 0 Å². The first-order chi connectivity index (χ1) is 5.24. The van der Waals surface area contributed by atoms with Crippen molar-refractivity contribution in [2.45, 2.75) is 0 Å². The molecule has 0 atom stereocenters. The lowest BCUT2D eigenvalue weighted by Gasteiger charge is -1.93. The van der Waals surface area contributed by atoms with E-state index in [0.717, 1.165) is 12.3 Å². The van der Waals surface area contributed by atoms with Gasteiger partial charge >= 0.3 is 0 Å². The Morgan fingerprint density at radius 3 is 2.82 bits per heavy atom. The van der Waals surface area contributed by atoms with E-state index in [9.17, 15) is 8.78 Å². The Bertz CT molecular complexity index is 286. The Balaban J connectivity index is 3.12. The zero-order valence-corrected chi connectivity index (χ0v) is 6.98. The summed E-state index contributed by atoms with van der Waals surface area (Å²) in [5, 5.41) is 0. The molecule has 11 heavy (non-hydrogen) atoms. The second-order valence-electron chi connectivity index (χ2n) is 1.82. The number of aromatic nitrogens is 1. The van der Waals surface area contributed by atoms with E-state index in [1.165, 1.54) is 11.1 Å². The van der Waals surface area contributed by atoms with Gasteiger partial charge in [-0.1, -0.05) is 15.9 Å². The number of hydrogen-bond donors (Lipinski definition) is 0. The van der Waals surface area contributed by atoms with Crippen molar-refractivity contribution in [2.24, 2.45) is 0 Å². The van der Waals surface area contributed by atoms with Gasteiger partial charge in [-0.05, 0) is 11.1 Å². The van der Waals surface area contributed by atoms with Crippen LogP contribution in [0, 0.1) is 11.8 Å². The molecule has 0 saturated carbocycles. The molecule has 4 heteroatoms. The van der Waals surface area contributed by atoms with Gasteiger partial charge in [0, 0.05) is 11.6 Å². The lowest BCUT2D eigenvalue weighted by Crippen LogP contribution is -1.87. The van der Waals surface area contributed by atoms with E-state index in [1.54, 1.807) is 0 Å². The Morgan fingerprint density at radius 1 is 1.45 bits per heavy atom. The summed E-state index contributed by atoms with van der Waals surface area (Å²) in [7, 11) is 0. The van der Waals surface area contributed by atoms with Crippen LogP contribution in [0.25, 0.3) is 6.08 Å². The molecule has 1 nitrogen and oxygen atoms in total. The van der Waals surface area contributed by atoms with Crippen molar-refractivity contribution in [1.29, 1.82) is 0 Å². The van der Waals surface area contributed by atoms with Gasteiger partial charge in [-0.3, -0.25) is 0 Å². The highest BCUT2D eigenvalue weighted by molar-refractivity contribution is 9.11. The van der Waals surface area contributed by atoms with Crippen LogP contribution in [-0.2, 0) is 0 Å². The van der Waals surface area contributed by atoms with Gasteiger partial charge in [0.1, 0.15) is 5.82 Å². The van der Waals surface area contributed by atoms with E-state index in [0.29, 0.717) is 0 Å². The topological polar surface area (TPSA) is 12.9 Å². The number of halogens is 3. The van der Waals surface area contributed by atoms with E-state index in [2.05, 4.69) is 20.9 Å². The molecule has 58 valence electrons. The predicted octanol–water partition coefficient (Wildman–Crippen LogP) is 2.73. The third kappa shape index (κ3) is 2.08. The summed E-state index contributed by atoms with van der Waals surface area (Å²) < 4.78 is 25.0. The largest absolute Gasteiger partial charge is 0.225 e. The van der Waals surface area contributed by atoms with Crippen LogP contribution in [-0.4, -0.2) is 4.98 Å². The minimum absolute atomic E-state index is 0.175. The van der Waals surface area contributed by atoms with Crippen LogP contribution in [0.4, 0.5) is 8.78 Å². The van der Waals surface area contributed by atoms with E-state index in [-0.39, 0.29) is 5.56 Å². The molecule has 0 bridgehead atoms. The van der Waals surface area contributed by atoms with Crippen molar-refractivity contribution < 1.29 is 8.78 Å². The molecule has 0 N–H and O–H groups in total. The molecule has 0 spiro atoms. The van der Waals surface area contributed by atoms with E-state index < -0.39 is 11.8 Å². The van der Waals surface area contributed by atoms with Gasteiger partial charge in [0.2, 0.25) is 5.95 Å². The fourth-order valence-corrected chi connectivity index (χ4v) is 0.908. The van der Waals surface area contributed by atoms with Crippen LogP contribution >= 0.6 is 15.9 Å².